The van der Waals surface area contributed by atoms with Crippen molar-refractivity contribution in [3.8, 4) is 0 Å². The molecule has 1 saturated heterocycles. The van der Waals surface area contributed by atoms with Gasteiger partial charge in [-0.1, -0.05) is 12.1 Å². The molecule has 0 bridgehead atoms. The number of nitrogens with zero attached hydrogens (tertiary/aromatic N) is 2. The molecule has 23 heavy (non-hydrogen) atoms. The number of nitro groups is 1. The van der Waals surface area contributed by atoms with E-state index < -0.39 is 26.2 Å². The van der Waals surface area contributed by atoms with Gasteiger partial charge in [0.2, 0.25) is 10.0 Å². The molecule has 1 heterocycles. The van der Waals surface area contributed by atoms with Crippen LogP contribution in [0, 0.1) is 10.1 Å². The molecule has 0 amide bonds. The summed E-state index contributed by atoms with van der Waals surface area (Å²) >= 11 is 0. The lowest BCUT2D eigenvalue weighted by Crippen LogP contribution is -2.40. The van der Waals surface area contributed by atoms with E-state index in [1.807, 2.05) is 0 Å². The Hall–Kier alpha value is -1.59. The highest BCUT2D eigenvalue weighted by Gasteiger charge is 2.43. The second kappa shape index (κ2) is 7.32. The first-order chi connectivity index (χ1) is 10.9. The first-order valence-electron chi connectivity index (χ1n) is 6.94. The van der Waals surface area contributed by atoms with Gasteiger partial charge in [-0.15, -0.1) is 0 Å². The summed E-state index contributed by atoms with van der Waals surface area (Å²) in [5.41, 5.74) is 0.424. The predicted octanol–water partition coefficient (Wildman–Crippen LogP) is 0.447. The number of benzene rings is 1. The van der Waals surface area contributed by atoms with Crippen molar-refractivity contribution in [3.63, 3.8) is 0 Å². The number of nitrogens with one attached hydrogen (secondary N) is 1. The van der Waals surface area contributed by atoms with Crippen molar-refractivity contribution < 1.29 is 22.9 Å². The summed E-state index contributed by atoms with van der Waals surface area (Å²) in [6.45, 7) is 0.386. The van der Waals surface area contributed by atoms with Crippen LogP contribution in [0.2, 0.25) is 0 Å². The van der Waals surface area contributed by atoms with Crippen molar-refractivity contribution in [2.24, 2.45) is 0 Å². The number of nitro benzene ring substituents is 1. The van der Waals surface area contributed by atoms with Crippen molar-refractivity contribution in [1.29, 1.82) is 0 Å². The quantitative estimate of drug-likeness (QED) is 0.434. The van der Waals surface area contributed by atoms with Crippen molar-refractivity contribution in [2.75, 3.05) is 33.9 Å². The minimum absolute atomic E-state index is 0.0217. The Morgan fingerprint density at radius 1 is 1.52 bits per heavy atom. The van der Waals surface area contributed by atoms with Crippen LogP contribution in [-0.4, -0.2) is 57.6 Å². The van der Waals surface area contributed by atoms with Gasteiger partial charge in [0, 0.05) is 32.8 Å². The van der Waals surface area contributed by atoms with E-state index in [-0.39, 0.29) is 25.4 Å². The predicted molar refractivity (Wildman–Crippen MR) is 82.1 cm³/mol. The van der Waals surface area contributed by atoms with Crippen LogP contribution in [0.4, 0.5) is 5.69 Å². The highest BCUT2D eigenvalue weighted by atomic mass is 32.2. The van der Waals surface area contributed by atoms with Crippen LogP contribution >= 0.6 is 0 Å². The standard InChI is InChI=1S/C13H19N3O6S/c1-15-13(10-4-3-5-11(8-10)16(17)18)12(9-22-15)23(19,20)14-6-7-21-2/h3-5,8,12-14H,6-7,9H2,1-2H3. The lowest BCUT2D eigenvalue weighted by molar-refractivity contribution is -0.385. The molecule has 0 spiro atoms. The van der Waals surface area contributed by atoms with Crippen LogP contribution in [0.15, 0.2) is 24.3 Å². The number of methoxy groups -OCH3 is 1. The number of sulfonamides is 1. The highest BCUT2D eigenvalue weighted by Crippen LogP contribution is 2.34. The molecule has 1 aromatic carbocycles. The van der Waals surface area contributed by atoms with Gasteiger partial charge in [-0.05, 0) is 5.56 Å². The summed E-state index contributed by atoms with van der Waals surface area (Å²) < 4.78 is 32.2. The molecule has 10 heteroatoms. The minimum Gasteiger partial charge on any atom is -0.383 e. The third-order valence-electron chi connectivity index (χ3n) is 3.62. The Balaban J connectivity index is 2.28. The second-order valence-corrected chi connectivity index (χ2v) is 7.09. The smallest absolute Gasteiger partial charge is 0.269 e. The molecule has 1 N–H and O–H groups in total. The van der Waals surface area contributed by atoms with Gasteiger partial charge in [0.15, 0.2) is 0 Å². The van der Waals surface area contributed by atoms with E-state index in [0.717, 1.165) is 0 Å². The van der Waals surface area contributed by atoms with Gasteiger partial charge in [0.05, 0.1) is 24.2 Å². The average molecular weight is 345 g/mol. The number of rotatable bonds is 7. The normalized spacial score (nSPS) is 22.3. The molecule has 0 radical (unpaired) electrons. The molecule has 0 saturated carbocycles. The van der Waals surface area contributed by atoms with Crippen molar-refractivity contribution >= 4 is 15.7 Å². The molecule has 2 atom stereocenters. The number of non-ortho nitro benzene ring substituents is 1. The molecular weight excluding hydrogens is 326 g/mol. The van der Waals surface area contributed by atoms with Gasteiger partial charge in [-0.25, -0.2) is 13.1 Å². The minimum atomic E-state index is -3.66. The maximum Gasteiger partial charge on any atom is 0.269 e. The van der Waals surface area contributed by atoms with Crippen LogP contribution in [0.25, 0.3) is 0 Å². The maximum absolute atomic E-state index is 12.4. The number of hydrogen-bond acceptors (Lipinski definition) is 7. The van der Waals surface area contributed by atoms with Gasteiger partial charge < -0.3 is 4.74 Å². The van der Waals surface area contributed by atoms with E-state index in [9.17, 15) is 18.5 Å². The third kappa shape index (κ3) is 4.03. The second-order valence-electron chi connectivity index (χ2n) is 5.11. The summed E-state index contributed by atoms with van der Waals surface area (Å²) in [5, 5.41) is 11.5. The van der Waals surface area contributed by atoms with Crippen molar-refractivity contribution in [1.82, 2.24) is 9.79 Å². The summed E-state index contributed by atoms with van der Waals surface area (Å²) in [7, 11) is -0.578. The maximum atomic E-state index is 12.4. The van der Waals surface area contributed by atoms with E-state index in [1.54, 1.807) is 13.1 Å². The summed E-state index contributed by atoms with van der Waals surface area (Å²) in [6, 6.07) is 5.28. The topological polar surface area (TPSA) is 111 Å². The monoisotopic (exact) mass is 345 g/mol. The fourth-order valence-electron chi connectivity index (χ4n) is 2.50. The zero-order chi connectivity index (χ0) is 17.0. The highest BCUT2D eigenvalue weighted by molar-refractivity contribution is 7.90. The Morgan fingerprint density at radius 2 is 2.26 bits per heavy atom. The van der Waals surface area contributed by atoms with E-state index in [4.69, 9.17) is 9.57 Å². The lowest BCUT2D eigenvalue weighted by atomic mass is 10.0. The molecule has 1 aliphatic rings. The van der Waals surface area contributed by atoms with Crippen LogP contribution < -0.4 is 4.72 Å². The molecule has 0 aromatic heterocycles. The number of ether oxygens (including phenoxy) is 1. The van der Waals surface area contributed by atoms with Crippen molar-refractivity contribution in [3.05, 3.63) is 39.9 Å². The fourth-order valence-corrected chi connectivity index (χ4v) is 3.99. The Kier molecular flexibility index (Phi) is 5.65. The first-order valence-corrected chi connectivity index (χ1v) is 8.49. The fraction of sp³-hybridized carbons (Fsp3) is 0.538. The SMILES string of the molecule is COCCNS(=O)(=O)C1CON(C)C1c1cccc([N+](=O)[O-])c1. The van der Waals surface area contributed by atoms with Crippen LogP contribution in [0.5, 0.6) is 0 Å². The molecule has 128 valence electrons. The molecular formula is C13H19N3O6S. The van der Waals surface area contributed by atoms with E-state index >= 15 is 0 Å². The number of hydrogen-bond donors (Lipinski definition) is 1. The van der Waals surface area contributed by atoms with Crippen LogP contribution in [0.3, 0.4) is 0 Å². The molecule has 2 unspecified atom stereocenters. The summed E-state index contributed by atoms with van der Waals surface area (Å²) in [5.74, 6) is 0. The van der Waals surface area contributed by atoms with E-state index in [1.165, 1.54) is 30.4 Å². The first kappa shape index (κ1) is 17.8. The zero-order valence-corrected chi connectivity index (χ0v) is 13.7. The third-order valence-corrected chi connectivity index (χ3v) is 5.41. The molecule has 1 aromatic rings. The number of hydroxylamine groups is 2. The van der Waals surface area contributed by atoms with Gasteiger partial charge in [-0.3, -0.25) is 15.0 Å². The van der Waals surface area contributed by atoms with E-state index in [2.05, 4.69) is 4.72 Å². The van der Waals surface area contributed by atoms with Gasteiger partial charge >= 0.3 is 0 Å². The molecule has 1 fully saturated rings. The lowest BCUT2D eigenvalue weighted by Gasteiger charge is -2.22. The Labute approximate surface area is 134 Å². The van der Waals surface area contributed by atoms with Crippen molar-refractivity contribution in [2.45, 2.75) is 11.3 Å². The Morgan fingerprint density at radius 3 is 2.91 bits per heavy atom. The summed E-state index contributed by atoms with van der Waals surface area (Å²) in [6.07, 6.45) is 0. The van der Waals surface area contributed by atoms with E-state index in [0.29, 0.717) is 5.56 Å². The van der Waals surface area contributed by atoms with Crippen LogP contribution in [-0.2, 0) is 19.6 Å². The van der Waals surface area contributed by atoms with Crippen LogP contribution in [0.1, 0.15) is 11.6 Å². The largest absolute Gasteiger partial charge is 0.383 e. The molecule has 9 nitrogen and oxygen atoms in total. The summed E-state index contributed by atoms with van der Waals surface area (Å²) in [4.78, 5) is 15.7. The molecule has 1 aliphatic heterocycles. The van der Waals surface area contributed by atoms with Gasteiger partial charge in [0.1, 0.15) is 5.25 Å². The molecule has 2 rings (SSSR count). The average Bonchev–Trinajstić information content (AvgIpc) is 2.90. The Bertz CT molecular complexity index is 665. The van der Waals surface area contributed by atoms with Gasteiger partial charge in [-0.2, -0.15) is 5.06 Å². The zero-order valence-electron chi connectivity index (χ0n) is 12.8. The van der Waals surface area contributed by atoms with Gasteiger partial charge in [0.25, 0.3) is 5.69 Å². The molecule has 0 aliphatic carbocycles.